The van der Waals surface area contributed by atoms with E-state index in [9.17, 15) is 4.79 Å². The number of amides is 1. The Kier molecular flexibility index (Phi) is 6.24. The van der Waals surface area contributed by atoms with Crippen LogP contribution < -0.4 is 14.8 Å². The largest absolute Gasteiger partial charge is 0.491 e. The Bertz CT molecular complexity index is 684. The van der Waals surface area contributed by atoms with Gasteiger partial charge in [-0.05, 0) is 51.0 Å². The molecular weight excluding hydrogens is 302 g/mol. The fourth-order valence-electron chi connectivity index (χ4n) is 2.27. The van der Waals surface area contributed by atoms with Gasteiger partial charge in [-0.2, -0.15) is 0 Å². The number of hydrogen-bond acceptors (Lipinski definition) is 3. The molecule has 0 bridgehead atoms. The lowest BCUT2D eigenvalue weighted by molar-refractivity contribution is -0.128. The number of carbonyl (C=O) groups excluding carboxylic acids is 1. The lowest BCUT2D eigenvalue weighted by Crippen LogP contribution is -2.43. The second-order valence-corrected chi connectivity index (χ2v) is 6.01. The molecule has 0 heterocycles. The summed E-state index contributed by atoms with van der Waals surface area (Å²) in [6.07, 6.45) is -0.563. The first kappa shape index (κ1) is 17.9. The number of rotatable bonds is 7. The van der Waals surface area contributed by atoms with Crippen molar-refractivity contribution in [1.82, 2.24) is 5.32 Å². The third-order valence-electron chi connectivity index (χ3n) is 3.74. The van der Waals surface area contributed by atoms with Gasteiger partial charge in [-0.3, -0.25) is 4.79 Å². The standard InChI is InChI=1S/C20H25NO3/c1-14-9-5-7-11-18(14)23-13-16(3)21-20(22)17(4)24-19-12-8-6-10-15(19)2/h5-12,16-17H,13H2,1-4H3,(H,21,22)/t16-,17+/m0/s1. The second-order valence-electron chi connectivity index (χ2n) is 6.01. The van der Waals surface area contributed by atoms with Crippen molar-refractivity contribution in [3.05, 3.63) is 59.7 Å². The van der Waals surface area contributed by atoms with E-state index >= 15 is 0 Å². The van der Waals surface area contributed by atoms with Crippen molar-refractivity contribution >= 4 is 5.91 Å². The van der Waals surface area contributed by atoms with E-state index in [0.717, 1.165) is 22.6 Å². The highest BCUT2D eigenvalue weighted by molar-refractivity contribution is 5.81. The summed E-state index contributed by atoms with van der Waals surface area (Å²) in [5, 5.41) is 2.92. The topological polar surface area (TPSA) is 47.6 Å². The first-order valence-corrected chi connectivity index (χ1v) is 8.18. The molecule has 0 aliphatic heterocycles. The zero-order valence-corrected chi connectivity index (χ0v) is 14.7. The molecule has 128 valence electrons. The molecular formula is C20H25NO3. The zero-order valence-electron chi connectivity index (χ0n) is 14.7. The Morgan fingerprint density at radius 1 is 0.958 bits per heavy atom. The number of carbonyl (C=O) groups is 1. The summed E-state index contributed by atoms with van der Waals surface area (Å²) in [6.45, 7) is 8.02. The van der Waals surface area contributed by atoms with Crippen LogP contribution in [-0.4, -0.2) is 24.7 Å². The molecule has 0 aromatic heterocycles. The summed E-state index contributed by atoms with van der Waals surface area (Å²) >= 11 is 0. The van der Waals surface area contributed by atoms with Gasteiger partial charge in [0.1, 0.15) is 18.1 Å². The summed E-state index contributed by atoms with van der Waals surface area (Å²) in [5.41, 5.74) is 2.08. The van der Waals surface area contributed by atoms with Gasteiger partial charge >= 0.3 is 0 Å². The van der Waals surface area contributed by atoms with Crippen molar-refractivity contribution in [2.45, 2.75) is 39.8 Å². The minimum Gasteiger partial charge on any atom is -0.491 e. The molecule has 24 heavy (non-hydrogen) atoms. The number of benzene rings is 2. The maximum Gasteiger partial charge on any atom is 0.261 e. The summed E-state index contributed by atoms with van der Waals surface area (Å²) in [7, 11) is 0. The van der Waals surface area contributed by atoms with Crippen LogP contribution in [0.25, 0.3) is 0 Å². The van der Waals surface area contributed by atoms with Crippen LogP contribution in [0, 0.1) is 13.8 Å². The van der Waals surface area contributed by atoms with Crippen LogP contribution in [0.15, 0.2) is 48.5 Å². The average molecular weight is 327 g/mol. The van der Waals surface area contributed by atoms with Gasteiger partial charge < -0.3 is 14.8 Å². The Morgan fingerprint density at radius 2 is 1.50 bits per heavy atom. The van der Waals surface area contributed by atoms with Gasteiger partial charge in [-0.1, -0.05) is 36.4 Å². The smallest absolute Gasteiger partial charge is 0.261 e. The first-order valence-electron chi connectivity index (χ1n) is 8.18. The highest BCUT2D eigenvalue weighted by Crippen LogP contribution is 2.18. The van der Waals surface area contributed by atoms with Gasteiger partial charge in [0.2, 0.25) is 0 Å². The minimum atomic E-state index is -0.563. The molecule has 0 spiro atoms. The Morgan fingerprint density at radius 3 is 2.08 bits per heavy atom. The van der Waals surface area contributed by atoms with Crippen molar-refractivity contribution in [2.75, 3.05) is 6.61 Å². The van der Waals surface area contributed by atoms with Gasteiger partial charge in [0, 0.05) is 0 Å². The minimum absolute atomic E-state index is 0.111. The Balaban J connectivity index is 1.82. The summed E-state index contributed by atoms with van der Waals surface area (Å²) in [4.78, 5) is 12.3. The molecule has 0 saturated carbocycles. The third-order valence-corrected chi connectivity index (χ3v) is 3.74. The van der Waals surface area contributed by atoms with Crippen LogP contribution in [0.4, 0.5) is 0 Å². The van der Waals surface area contributed by atoms with Crippen LogP contribution in [0.5, 0.6) is 11.5 Å². The molecule has 2 aromatic rings. The van der Waals surface area contributed by atoms with Crippen molar-refractivity contribution in [3.8, 4) is 11.5 Å². The molecule has 0 aliphatic carbocycles. The van der Waals surface area contributed by atoms with E-state index < -0.39 is 6.10 Å². The van der Waals surface area contributed by atoms with Crippen LogP contribution >= 0.6 is 0 Å². The quantitative estimate of drug-likeness (QED) is 0.844. The second kappa shape index (κ2) is 8.39. The Hall–Kier alpha value is -2.49. The number of hydrogen-bond donors (Lipinski definition) is 1. The zero-order chi connectivity index (χ0) is 17.5. The van der Waals surface area contributed by atoms with E-state index in [-0.39, 0.29) is 11.9 Å². The summed E-state index contributed by atoms with van der Waals surface area (Å²) < 4.78 is 11.5. The highest BCUT2D eigenvalue weighted by atomic mass is 16.5. The lowest BCUT2D eigenvalue weighted by Gasteiger charge is -2.20. The van der Waals surface area contributed by atoms with Crippen molar-refractivity contribution in [3.63, 3.8) is 0 Å². The van der Waals surface area contributed by atoms with Gasteiger partial charge in [-0.15, -0.1) is 0 Å². The molecule has 0 fully saturated rings. The molecule has 0 aliphatic rings. The molecule has 0 unspecified atom stereocenters. The van der Waals surface area contributed by atoms with Crippen LogP contribution in [-0.2, 0) is 4.79 Å². The van der Waals surface area contributed by atoms with Crippen molar-refractivity contribution < 1.29 is 14.3 Å². The molecule has 2 rings (SSSR count). The lowest BCUT2D eigenvalue weighted by atomic mass is 10.2. The van der Waals surface area contributed by atoms with Gasteiger partial charge in [0.15, 0.2) is 6.10 Å². The predicted octanol–water partition coefficient (Wildman–Crippen LogP) is 3.65. The molecule has 4 nitrogen and oxygen atoms in total. The molecule has 2 aromatic carbocycles. The van der Waals surface area contributed by atoms with Crippen LogP contribution in [0.3, 0.4) is 0 Å². The number of aryl methyl sites for hydroxylation is 2. The maximum atomic E-state index is 12.3. The number of nitrogens with one attached hydrogen (secondary N) is 1. The van der Waals surface area contributed by atoms with Crippen molar-refractivity contribution in [2.24, 2.45) is 0 Å². The monoisotopic (exact) mass is 327 g/mol. The van der Waals surface area contributed by atoms with E-state index in [0.29, 0.717) is 6.61 Å². The van der Waals surface area contributed by atoms with E-state index in [1.54, 1.807) is 6.92 Å². The molecule has 1 N–H and O–H groups in total. The summed E-state index contributed by atoms with van der Waals surface area (Å²) in [5.74, 6) is 1.41. The highest BCUT2D eigenvalue weighted by Gasteiger charge is 2.18. The van der Waals surface area contributed by atoms with E-state index in [2.05, 4.69) is 5.32 Å². The fourth-order valence-corrected chi connectivity index (χ4v) is 2.27. The van der Waals surface area contributed by atoms with Crippen molar-refractivity contribution in [1.29, 1.82) is 0 Å². The maximum absolute atomic E-state index is 12.3. The predicted molar refractivity (Wildman–Crippen MR) is 95.5 cm³/mol. The summed E-state index contributed by atoms with van der Waals surface area (Å²) in [6, 6.07) is 15.4. The Labute approximate surface area is 143 Å². The number of para-hydroxylation sites is 2. The first-order chi connectivity index (χ1) is 11.5. The van der Waals surface area contributed by atoms with Gasteiger partial charge in [0.05, 0.1) is 6.04 Å². The molecule has 0 radical (unpaired) electrons. The third kappa shape index (κ3) is 5.01. The fraction of sp³-hybridized carbons (Fsp3) is 0.350. The van der Waals surface area contributed by atoms with E-state index in [1.165, 1.54) is 0 Å². The normalized spacial score (nSPS) is 13.0. The van der Waals surface area contributed by atoms with Crippen LogP contribution in [0.1, 0.15) is 25.0 Å². The molecule has 1 amide bonds. The molecule has 4 heteroatoms. The average Bonchev–Trinajstić information content (AvgIpc) is 2.56. The SMILES string of the molecule is Cc1ccccc1OC[C@H](C)NC(=O)[C@@H](C)Oc1ccccc1C. The molecule has 0 saturated heterocycles. The van der Waals surface area contributed by atoms with Gasteiger partial charge in [-0.25, -0.2) is 0 Å². The van der Waals surface area contributed by atoms with Crippen LogP contribution in [0.2, 0.25) is 0 Å². The molecule has 2 atom stereocenters. The number of ether oxygens (including phenoxy) is 2. The van der Waals surface area contributed by atoms with E-state index in [1.807, 2.05) is 69.3 Å². The van der Waals surface area contributed by atoms with E-state index in [4.69, 9.17) is 9.47 Å². The van der Waals surface area contributed by atoms with Gasteiger partial charge in [0.25, 0.3) is 5.91 Å².